The number of hydrogen-bond donors (Lipinski definition) is 0. The summed E-state index contributed by atoms with van der Waals surface area (Å²) in [6, 6.07) is 3.71. The van der Waals surface area contributed by atoms with Gasteiger partial charge in [-0.05, 0) is 18.2 Å². The minimum Gasteiger partial charge on any atom is -0.481 e. The average Bonchev–Trinajstić information content (AvgIpc) is 2.58. The molecule has 0 aliphatic carbocycles. The first-order chi connectivity index (χ1) is 7.40. The van der Waals surface area contributed by atoms with E-state index in [0.29, 0.717) is 5.88 Å². The van der Waals surface area contributed by atoms with E-state index >= 15 is 0 Å². The molecule has 74 valence electrons. The van der Waals surface area contributed by atoms with Gasteiger partial charge in [-0.15, -0.1) is 0 Å². The van der Waals surface area contributed by atoms with E-state index in [9.17, 15) is 0 Å². The van der Waals surface area contributed by atoms with Crippen molar-refractivity contribution in [2.45, 2.75) is 0 Å². The van der Waals surface area contributed by atoms with Crippen molar-refractivity contribution in [3.63, 3.8) is 0 Å². The first-order valence-corrected chi connectivity index (χ1v) is 4.56. The predicted molar refractivity (Wildman–Crippen MR) is 59.9 cm³/mol. The fourth-order valence-electron chi connectivity index (χ4n) is 1.19. The Morgan fingerprint density at radius 2 is 2.20 bits per heavy atom. The molecule has 0 N–H and O–H groups in total. The third-order valence-electron chi connectivity index (χ3n) is 1.94. The number of aliphatic imine (C=N–C) groups is 1. The first-order valence-electron chi connectivity index (χ1n) is 4.56. The van der Waals surface area contributed by atoms with Gasteiger partial charge in [-0.3, -0.25) is 0 Å². The van der Waals surface area contributed by atoms with Crippen LogP contribution in [0.4, 0.5) is 0 Å². The highest BCUT2D eigenvalue weighted by Crippen LogP contribution is 2.16. The SMILES string of the molecule is COc1ccc(C2=C=CC=CC=N2)cn1. The van der Waals surface area contributed by atoms with Crippen molar-refractivity contribution >= 4 is 11.9 Å². The lowest BCUT2D eigenvalue weighted by Crippen LogP contribution is -1.88. The van der Waals surface area contributed by atoms with Crippen LogP contribution in [0.2, 0.25) is 0 Å². The molecule has 0 unspecified atom stereocenters. The molecule has 0 saturated heterocycles. The minimum absolute atomic E-state index is 0.596. The number of nitrogens with zero attached hydrogens (tertiary/aromatic N) is 2. The Balaban J connectivity index is 2.34. The van der Waals surface area contributed by atoms with Crippen LogP contribution in [0.1, 0.15) is 5.56 Å². The topological polar surface area (TPSA) is 34.5 Å². The normalized spacial score (nSPS) is 13.5. The van der Waals surface area contributed by atoms with Crippen LogP contribution in [0.3, 0.4) is 0 Å². The Morgan fingerprint density at radius 3 is 2.93 bits per heavy atom. The van der Waals surface area contributed by atoms with Crippen LogP contribution in [0.25, 0.3) is 5.70 Å². The molecule has 1 aliphatic heterocycles. The van der Waals surface area contributed by atoms with E-state index in [1.807, 2.05) is 24.3 Å². The van der Waals surface area contributed by atoms with Crippen molar-refractivity contribution in [3.05, 3.63) is 47.9 Å². The third-order valence-corrected chi connectivity index (χ3v) is 1.94. The highest BCUT2D eigenvalue weighted by atomic mass is 16.5. The Labute approximate surface area is 88.1 Å². The highest BCUT2D eigenvalue weighted by molar-refractivity contribution is 5.81. The maximum absolute atomic E-state index is 4.98. The maximum Gasteiger partial charge on any atom is 0.212 e. The molecule has 0 spiro atoms. The van der Waals surface area contributed by atoms with Gasteiger partial charge in [0.2, 0.25) is 5.88 Å². The minimum atomic E-state index is 0.596. The molecular formula is C12H10N2O. The van der Waals surface area contributed by atoms with Crippen LogP contribution in [0, 0.1) is 0 Å². The summed E-state index contributed by atoms with van der Waals surface area (Å²) in [5, 5.41) is 0. The molecule has 1 aromatic heterocycles. The summed E-state index contributed by atoms with van der Waals surface area (Å²) in [6.07, 6.45) is 9.02. The van der Waals surface area contributed by atoms with E-state index in [-0.39, 0.29) is 0 Å². The molecule has 0 bridgehead atoms. The number of rotatable bonds is 2. The summed E-state index contributed by atoms with van der Waals surface area (Å²) in [5.41, 5.74) is 4.76. The van der Waals surface area contributed by atoms with Crippen molar-refractivity contribution in [1.29, 1.82) is 0 Å². The van der Waals surface area contributed by atoms with Crippen LogP contribution in [0.5, 0.6) is 5.88 Å². The zero-order valence-electron chi connectivity index (χ0n) is 8.34. The van der Waals surface area contributed by atoms with Gasteiger partial charge in [0.1, 0.15) is 5.70 Å². The van der Waals surface area contributed by atoms with Crippen molar-refractivity contribution in [2.24, 2.45) is 4.99 Å². The summed E-state index contributed by atoms with van der Waals surface area (Å²) in [7, 11) is 1.59. The summed E-state index contributed by atoms with van der Waals surface area (Å²) in [4.78, 5) is 8.34. The molecule has 0 radical (unpaired) electrons. The zero-order valence-corrected chi connectivity index (χ0v) is 8.34. The van der Waals surface area contributed by atoms with E-state index in [2.05, 4.69) is 15.7 Å². The number of pyridine rings is 1. The second-order valence-electron chi connectivity index (χ2n) is 2.91. The summed E-state index contributed by atoms with van der Waals surface area (Å²) >= 11 is 0. The maximum atomic E-state index is 4.98. The molecule has 2 rings (SSSR count). The zero-order chi connectivity index (χ0) is 10.5. The fraction of sp³-hybridized carbons (Fsp3) is 0.0833. The van der Waals surface area contributed by atoms with Gasteiger partial charge >= 0.3 is 0 Å². The molecule has 15 heavy (non-hydrogen) atoms. The number of methoxy groups -OCH3 is 1. The number of ether oxygens (including phenoxy) is 1. The van der Waals surface area contributed by atoms with Crippen LogP contribution < -0.4 is 4.74 Å². The number of allylic oxidation sites excluding steroid dienone is 3. The predicted octanol–water partition coefficient (Wildman–Crippen LogP) is 2.23. The molecule has 0 fully saturated rings. The molecular weight excluding hydrogens is 188 g/mol. The second-order valence-corrected chi connectivity index (χ2v) is 2.91. The summed E-state index contributed by atoms with van der Waals surface area (Å²) in [5.74, 6) is 0.596. The van der Waals surface area contributed by atoms with E-state index in [0.717, 1.165) is 11.3 Å². The van der Waals surface area contributed by atoms with E-state index < -0.39 is 0 Å². The van der Waals surface area contributed by atoms with Crippen molar-refractivity contribution in [3.8, 4) is 5.88 Å². The van der Waals surface area contributed by atoms with Crippen LogP contribution in [-0.2, 0) is 0 Å². The van der Waals surface area contributed by atoms with Crippen molar-refractivity contribution in [2.75, 3.05) is 7.11 Å². The van der Waals surface area contributed by atoms with Gasteiger partial charge < -0.3 is 4.74 Å². The number of aromatic nitrogens is 1. The largest absolute Gasteiger partial charge is 0.481 e. The molecule has 1 aliphatic rings. The fourth-order valence-corrected chi connectivity index (χ4v) is 1.19. The molecule has 0 amide bonds. The lowest BCUT2D eigenvalue weighted by molar-refractivity contribution is 0.398. The smallest absolute Gasteiger partial charge is 0.212 e. The highest BCUT2D eigenvalue weighted by Gasteiger charge is 2.00. The number of hydrogen-bond acceptors (Lipinski definition) is 3. The van der Waals surface area contributed by atoms with E-state index in [1.165, 1.54) is 0 Å². The standard InChI is InChI=1S/C12H10N2O/c1-15-12-7-6-10(9-14-12)11-5-3-2-4-8-13-11/h2-4,6-9H,1H3. The van der Waals surface area contributed by atoms with Crippen LogP contribution in [-0.4, -0.2) is 18.3 Å². The van der Waals surface area contributed by atoms with Gasteiger partial charge in [0, 0.05) is 24.0 Å². The lowest BCUT2D eigenvalue weighted by Gasteiger charge is -2.00. The van der Waals surface area contributed by atoms with Crippen LogP contribution in [0.15, 0.2) is 47.3 Å². The van der Waals surface area contributed by atoms with E-state index in [1.54, 1.807) is 25.6 Å². The Morgan fingerprint density at radius 1 is 1.27 bits per heavy atom. The molecule has 2 heterocycles. The Bertz CT molecular complexity index is 463. The molecule has 0 aromatic carbocycles. The van der Waals surface area contributed by atoms with Gasteiger partial charge in [-0.1, -0.05) is 11.8 Å². The summed E-state index contributed by atoms with van der Waals surface area (Å²) in [6.45, 7) is 0. The first kappa shape index (κ1) is 9.44. The molecule has 1 aromatic rings. The molecule has 3 nitrogen and oxygen atoms in total. The van der Waals surface area contributed by atoms with Gasteiger partial charge in [0.15, 0.2) is 0 Å². The van der Waals surface area contributed by atoms with Crippen LogP contribution >= 0.6 is 0 Å². The van der Waals surface area contributed by atoms with E-state index in [4.69, 9.17) is 4.74 Å². The third kappa shape index (κ3) is 2.22. The summed E-state index contributed by atoms with van der Waals surface area (Å²) < 4.78 is 4.98. The second kappa shape index (κ2) is 4.40. The van der Waals surface area contributed by atoms with Crippen molar-refractivity contribution < 1.29 is 4.74 Å². The van der Waals surface area contributed by atoms with Gasteiger partial charge in [-0.2, -0.15) is 0 Å². The molecule has 0 saturated carbocycles. The van der Waals surface area contributed by atoms with Gasteiger partial charge in [0.05, 0.1) is 7.11 Å². The van der Waals surface area contributed by atoms with Crippen molar-refractivity contribution in [1.82, 2.24) is 4.98 Å². The monoisotopic (exact) mass is 198 g/mol. The average molecular weight is 198 g/mol. The Hall–Kier alpha value is -2.12. The van der Waals surface area contributed by atoms with Gasteiger partial charge in [-0.25, -0.2) is 9.98 Å². The molecule has 0 atom stereocenters. The Kier molecular flexibility index (Phi) is 2.77. The van der Waals surface area contributed by atoms with Gasteiger partial charge in [0.25, 0.3) is 0 Å². The lowest BCUT2D eigenvalue weighted by atomic mass is 10.2. The molecule has 3 heteroatoms. The quantitative estimate of drug-likeness (QED) is 0.683.